The standard InChI is InChI=1S/C24H21F2N6O2P/c1-3-34-35(2,33)15-16-6-8-17(9-7-16)21-14-28-22-23(29-21)32(31-30-22)24(25,26)19-10-11-20-18(13-19)5-4-12-27-20/h4-14H,3,15H2,1-2H3. The van der Waals surface area contributed by atoms with Gasteiger partial charge in [-0.2, -0.15) is 13.5 Å². The van der Waals surface area contributed by atoms with Crippen LogP contribution in [0.5, 0.6) is 0 Å². The molecule has 0 saturated carbocycles. The Morgan fingerprint density at radius 2 is 1.89 bits per heavy atom. The van der Waals surface area contributed by atoms with Crippen molar-refractivity contribution in [3.05, 3.63) is 78.1 Å². The van der Waals surface area contributed by atoms with E-state index < -0.39 is 13.4 Å². The first-order chi connectivity index (χ1) is 16.8. The Bertz CT molecular complexity index is 1570. The number of aromatic nitrogens is 6. The smallest absolute Gasteiger partial charge is 0.329 e. The van der Waals surface area contributed by atoms with Gasteiger partial charge in [-0.05, 0) is 36.8 Å². The van der Waals surface area contributed by atoms with Crippen molar-refractivity contribution in [1.82, 2.24) is 29.9 Å². The second kappa shape index (κ2) is 8.87. The molecule has 35 heavy (non-hydrogen) atoms. The maximum atomic E-state index is 15.5. The molecule has 1 atom stereocenters. The van der Waals surface area contributed by atoms with Crippen molar-refractivity contribution < 1.29 is 17.9 Å². The summed E-state index contributed by atoms with van der Waals surface area (Å²) in [6.07, 6.45) is 3.37. The van der Waals surface area contributed by atoms with Crippen LogP contribution in [-0.4, -0.2) is 43.2 Å². The highest BCUT2D eigenvalue weighted by Crippen LogP contribution is 2.46. The lowest BCUT2D eigenvalue weighted by molar-refractivity contribution is -0.0458. The molecule has 3 aromatic heterocycles. The Balaban J connectivity index is 1.49. The Labute approximate surface area is 199 Å². The number of hydrogen-bond donors (Lipinski definition) is 0. The number of halogens is 2. The fourth-order valence-electron chi connectivity index (χ4n) is 3.86. The minimum atomic E-state index is -3.52. The summed E-state index contributed by atoms with van der Waals surface area (Å²) in [6.45, 7) is 3.78. The Hall–Kier alpha value is -3.62. The number of rotatable bonds is 7. The summed E-state index contributed by atoms with van der Waals surface area (Å²) in [4.78, 5) is 12.7. The largest absolute Gasteiger partial charge is 0.373 e. The van der Waals surface area contributed by atoms with Gasteiger partial charge in [0.2, 0.25) is 18.7 Å². The van der Waals surface area contributed by atoms with Crippen molar-refractivity contribution in [2.45, 2.75) is 19.1 Å². The van der Waals surface area contributed by atoms with Gasteiger partial charge >= 0.3 is 6.05 Å². The monoisotopic (exact) mass is 494 g/mol. The van der Waals surface area contributed by atoms with Crippen molar-refractivity contribution in [1.29, 1.82) is 0 Å². The Morgan fingerprint density at radius 3 is 2.66 bits per heavy atom. The highest BCUT2D eigenvalue weighted by molar-refractivity contribution is 7.57. The molecule has 0 fully saturated rings. The minimum Gasteiger partial charge on any atom is -0.329 e. The zero-order valence-electron chi connectivity index (χ0n) is 19.0. The normalized spacial score (nSPS) is 13.8. The van der Waals surface area contributed by atoms with Gasteiger partial charge in [0.1, 0.15) is 0 Å². The molecule has 0 N–H and O–H groups in total. The molecule has 8 nitrogen and oxygen atoms in total. The number of alkyl halides is 2. The molecule has 5 rings (SSSR count). The fraction of sp³-hybridized carbons (Fsp3) is 0.208. The average Bonchev–Trinajstić information content (AvgIpc) is 3.28. The van der Waals surface area contributed by atoms with Crippen LogP contribution in [0.25, 0.3) is 33.5 Å². The summed E-state index contributed by atoms with van der Waals surface area (Å²) >= 11 is 0. The summed E-state index contributed by atoms with van der Waals surface area (Å²) < 4.78 is 49.3. The van der Waals surface area contributed by atoms with Crippen LogP contribution in [0.2, 0.25) is 0 Å². The lowest BCUT2D eigenvalue weighted by Gasteiger charge is -2.17. The highest BCUT2D eigenvalue weighted by atomic mass is 31.2. The highest BCUT2D eigenvalue weighted by Gasteiger charge is 2.38. The fourth-order valence-corrected chi connectivity index (χ4v) is 5.37. The van der Waals surface area contributed by atoms with E-state index in [1.54, 1.807) is 44.1 Å². The van der Waals surface area contributed by atoms with E-state index in [4.69, 9.17) is 4.52 Å². The Morgan fingerprint density at radius 1 is 1.09 bits per heavy atom. The van der Waals surface area contributed by atoms with Crippen LogP contribution in [0.1, 0.15) is 18.1 Å². The van der Waals surface area contributed by atoms with Crippen molar-refractivity contribution in [3.63, 3.8) is 0 Å². The van der Waals surface area contributed by atoms with Crippen molar-refractivity contribution in [2.24, 2.45) is 0 Å². The van der Waals surface area contributed by atoms with Gasteiger partial charge in [-0.1, -0.05) is 35.5 Å². The van der Waals surface area contributed by atoms with E-state index in [0.29, 0.717) is 39.6 Å². The van der Waals surface area contributed by atoms with Crippen molar-refractivity contribution in [3.8, 4) is 11.3 Å². The molecule has 178 valence electrons. The summed E-state index contributed by atoms with van der Waals surface area (Å²) in [5.74, 6) is 0. The first-order valence-electron chi connectivity index (χ1n) is 10.9. The van der Waals surface area contributed by atoms with Gasteiger partial charge < -0.3 is 4.52 Å². The second-order valence-electron chi connectivity index (χ2n) is 8.14. The predicted molar refractivity (Wildman–Crippen MR) is 128 cm³/mol. The number of benzene rings is 2. The molecule has 0 aliphatic rings. The van der Waals surface area contributed by atoms with E-state index in [1.807, 2.05) is 12.1 Å². The average molecular weight is 494 g/mol. The first-order valence-corrected chi connectivity index (χ1v) is 13.1. The molecule has 0 bridgehead atoms. The topological polar surface area (TPSA) is 95.7 Å². The van der Waals surface area contributed by atoms with E-state index >= 15 is 8.78 Å². The molecule has 3 heterocycles. The lowest BCUT2D eigenvalue weighted by atomic mass is 10.1. The number of fused-ring (bicyclic) bond motifs is 2. The van der Waals surface area contributed by atoms with Crippen molar-refractivity contribution in [2.75, 3.05) is 13.3 Å². The third-order valence-electron chi connectivity index (χ3n) is 5.50. The molecule has 11 heteroatoms. The van der Waals surface area contributed by atoms with Crippen LogP contribution in [0, 0.1) is 0 Å². The molecule has 0 aliphatic heterocycles. The maximum Gasteiger partial charge on any atom is 0.373 e. The van der Waals surface area contributed by atoms with Crippen LogP contribution in [0.15, 0.2) is 67.0 Å². The van der Waals surface area contributed by atoms with E-state index in [9.17, 15) is 4.57 Å². The summed E-state index contributed by atoms with van der Waals surface area (Å²) in [5.41, 5.74) is 2.11. The predicted octanol–water partition coefficient (Wildman–Crippen LogP) is 5.48. The molecular formula is C24H21F2N6O2P. The quantitative estimate of drug-likeness (QED) is 0.277. The van der Waals surface area contributed by atoms with Crippen LogP contribution in [0.4, 0.5) is 8.78 Å². The molecular weight excluding hydrogens is 473 g/mol. The zero-order chi connectivity index (χ0) is 24.6. The van der Waals surface area contributed by atoms with Gasteiger partial charge in [0.25, 0.3) is 0 Å². The number of pyridine rings is 1. The summed E-state index contributed by atoms with van der Waals surface area (Å²) in [5, 5.41) is 8.03. The molecule has 0 spiro atoms. The van der Waals surface area contributed by atoms with Gasteiger partial charge in [-0.3, -0.25) is 9.55 Å². The first kappa shape index (κ1) is 23.1. The molecule has 0 amide bonds. The maximum absolute atomic E-state index is 15.5. The second-order valence-corrected chi connectivity index (χ2v) is 10.7. The van der Waals surface area contributed by atoms with Gasteiger partial charge in [0.15, 0.2) is 0 Å². The SMILES string of the molecule is CCOP(C)(=O)Cc1ccc(-c2cnc3nnn(C(F)(F)c4ccc5ncccc5c4)c3n2)cc1. The third kappa shape index (κ3) is 4.54. The molecule has 2 aromatic carbocycles. The lowest BCUT2D eigenvalue weighted by Crippen LogP contribution is -2.26. The molecule has 0 radical (unpaired) electrons. The summed E-state index contributed by atoms with van der Waals surface area (Å²) in [7, 11) is -2.73. The van der Waals surface area contributed by atoms with Gasteiger partial charge in [0, 0.05) is 35.5 Å². The molecule has 0 aliphatic carbocycles. The number of hydrogen-bond acceptors (Lipinski definition) is 7. The van der Waals surface area contributed by atoms with Crippen LogP contribution >= 0.6 is 7.37 Å². The van der Waals surface area contributed by atoms with Gasteiger partial charge in [0.05, 0.1) is 24.0 Å². The summed E-state index contributed by atoms with van der Waals surface area (Å²) in [6, 6.07) is 11.3. The number of nitrogens with zero attached hydrogens (tertiary/aromatic N) is 6. The molecule has 1 unspecified atom stereocenters. The van der Waals surface area contributed by atoms with E-state index in [-0.39, 0.29) is 16.9 Å². The third-order valence-corrected chi connectivity index (χ3v) is 7.25. The molecule has 5 aromatic rings. The minimum absolute atomic E-state index is 0.0103. The van der Waals surface area contributed by atoms with E-state index in [2.05, 4.69) is 25.3 Å². The van der Waals surface area contributed by atoms with Crippen molar-refractivity contribution >= 4 is 29.6 Å². The van der Waals surface area contributed by atoms with E-state index in [1.165, 1.54) is 24.4 Å². The van der Waals surface area contributed by atoms with Crippen LogP contribution in [-0.2, 0) is 21.3 Å². The van der Waals surface area contributed by atoms with Gasteiger partial charge in [-0.15, -0.1) is 5.10 Å². The zero-order valence-corrected chi connectivity index (χ0v) is 19.9. The van der Waals surface area contributed by atoms with Crippen LogP contribution in [0.3, 0.4) is 0 Å². The Kier molecular flexibility index (Phi) is 5.86. The van der Waals surface area contributed by atoms with Crippen LogP contribution < -0.4 is 0 Å². The molecule has 0 saturated heterocycles. The van der Waals surface area contributed by atoms with E-state index in [0.717, 1.165) is 5.56 Å². The van der Waals surface area contributed by atoms with Gasteiger partial charge in [-0.25, -0.2) is 9.97 Å².